The van der Waals surface area contributed by atoms with Crippen LogP contribution in [0.2, 0.25) is 0 Å². The van der Waals surface area contributed by atoms with Gasteiger partial charge in [-0.15, -0.1) is 0 Å². The molecule has 0 aliphatic heterocycles. The maximum atomic E-state index is 9.62. The Labute approximate surface area is 90.9 Å². The van der Waals surface area contributed by atoms with Crippen molar-refractivity contribution in [1.82, 2.24) is 9.78 Å². The second-order valence-corrected chi connectivity index (χ2v) is 3.81. The third kappa shape index (κ3) is 3.32. The lowest BCUT2D eigenvalue weighted by atomic mass is 10.1. The molecule has 0 spiro atoms. The van der Waals surface area contributed by atoms with Crippen LogP contribution in [-0.4, -0.2) is 28.6 Å². The summed E-state index contributed by atoms with van der Waals surface area (Å²) in [5.74, 6) is 0. The number of methoxy groups -OCH3 is 1. The topological polar surface area (TPSA) is 47.3 Å². The Morgan fingerprint density at radius 3 is 2.93 bits per heavy atom. The van der Waals surface area contributed by atoms with E-state index in [0.717, 1.165) is 25.0 Å². The van der Waals surface area contributed by atoms with E-state index >= 15 is 0 Å². The third-order valence-electron chi connectivity index (χ3n) is 2.58. The Morgan fingerprint density at radius 2 is 2.33 bits per heavy atom. The quantitative estimate of drug-likeness (QED) is 0.783. The van der Waals surface area contributed by atoms with E-state index in [1.807, 2.05) is 17.8 Å². The molecule has 1 rings (SSSR count). The zero-order chi connectivity index (χ0) is 11.3. The van der Waals surface area contributed by atoms with Gasteiger partial charge in [0.2, 0.25) is 0 Å². The van der Waals surface area contributed by atoms with E-state index < -0.39 is 6.10 Å². The Bertz CT molecular complexity index is 286. The van der Waals surface area contributed by atoms with Crippen LogP contribution in [0.3, 0.4) is 0 Å². The molecule has 0 amide bonds. The number of nitrogens with zero attached hydrogens (tertiary/aromatic N) is 2. The molecule has 0 saturated carbocycles. The van der Waals surface area contributed by atoms with Gasteiger partial charge in [0.15, 0.2) is 0 Å². The van der Waals surface area contributed by atoms with Crippen molar-refractivity contribution in [2.24, 2.45) is 0 Å². The Balaban J connectivity index is 2.58. The van der Waals surface area contributed by atoms with E-state index in [-0.39, 0.29) is 0 Å². The molecule has 1 heterocycles. The molecular formula is C11H20N2O2. The lowest BCUT2D eigenvalue weighted by Gasteiger charge is -2.11. The van der Waals surface area contributed by atoms with Crippen LogP contribution in [0.25, 0.3) is 0 Å². The molecule has 4 nitrogen and oxygen atoms in total. The van der Waals surface area contributed by atoms with E-state index in [0.29, 0.717) is 6.04 Å². The highest BCUT2D eigenvalue weighted by Crippen LogP contribution is 2.17. The van der Waals surface area contributed by atoms with E-state index in [2.05, 4.69) is 12.0 Å². The fourth-order valence-electron chi connectivity index (χ4n) is 1.42. The van der Waals surface area contributed by atoms with Gasteiger partial charge in [0.1, 0.15) is 0 Å². The van der Waals surface area contributed by atoms with Crippen molar-refractivity contribution in [2.75, 3.05) is 13.7 Å². The molecule has 1 aromatic rings. The molecule has 0 radical (unpaired) electrons. The Morgan fingerprint density at radius 1 is 1.60 bits per heavy atom. The van der Waals surface area contributed by atoms with E-state index in [1.54, 1.807) is 13.3 Å². The number of aromatic nitrogens is 2. The smallest absolute Gasteiger partial charge is 0.0817 e. The maximum absolute atomic E-state index is 9.62. The van der Waals surface area contributed by atoms with Crippen LogP contribution in [0.5, 0.6) is 0 Å². The standard InChI is InChI=1S/C11H20N2O2/c1-4-11(14)10-7-12-13(8-10)9(2)5-6-15-3/h7-9,11,14H,4-6H2,1-3H3. The van der Waals surface area contributed by atoms with E-state index in [9.17, 15) is 5.11 Å². The van der Waals surface area contributed by atoms with Gasteiger partial charge in [-0.05, 0) is 19.8 Å². The maximum Gasteiger partial charge on any atom is 0.0817 e. The number of aliphatic hydroxyl groups excluding tert-OH is 1. The predicted molar refractivity (Wildman–Crippen MR) is 58.7 cm³/mol. The van der Waals surface area contributed by atoms with Crippen LogP contribution >= 0.6 is 0 Å². The lowest BCUT2D eigenvalue weighted by molar-refractivity contribution is 0.172. The first-order valence-electron chi connectivity index (χ1n) is 5.40. The number of rotatable bonds is 6. The summed E-state index contributed by atoms with van der Waals surface area (Å²) in [6.45, 7) is 4.77. The molecule has 0 aliphatic carbocycles. The predicted octanol–water partition coefficient (Wildman–Crippen LogP) is 1.92. The van der Waals surface area contributed by atoms with Gasteiger partial charge < -0.3 is 9.84 Å². The van der Waals surface area contributed by atoms with Crippen molar-refractivity contribution in [2.45, 2.75) is 38.8 Å². The summed E-state index contributed by atoms with van der Waals surface area (Å²) in [7, 11) is 1.70. The first-order chi connectivity index (χ1) is 7.19. The number of aliphatic hydroxyl groups is 1. The highest BCUT2D eigenvalue weighted by atomic mass is 16.5. The Hall–Kier alpha value is -0.870. The Kier molecular flexibility index (Phi) is 4.78. The zero-order valence-electron chi connectivity index (χ0n) is 9.68. The second kappa shape index (κ2) is 5.88. The van der Waals surface area contributed by atoms with Crippen LogP contribution in [0.4, 0.5) is 0 Å². The summed E-state index contributed by atoms with van der Waals surface area (Å²) in [5, 5.41) is 13.9. The molecule has 4 heteroatoms. The first-order valence-corrected chi connectivity index (χ1v) is 5.40. The molecule has 1 N–H and O–H groups in total. The molecule has 86 valence electrons. The van der Waals surface area contributed by atoms with E-state index in [1.165, 1.54) is 0 Å². The van der Waals surface area contributed by atoms with Gasteiger partial charge in [-0.25, -0.2) is 0 Å². The third-order valence-corrected chi connectivity index (χ3v) is 2.58. The van der Waals surface area contributed by atoms with Crippen molar-refractivity contribution < 1.29 is 9.84 Å². The van der Waals surface area contributed by atoms with Crippen molar-refractivity contribution in [1.29, 1.82) is 0 Å². The average molecular weight is 212 g/mol. The van der Waals surface area contributed by atoms with Crippen molar-refractivity contribution >= 4 is 0 Å². The molecule has 0 aliphatic rings. The van der Waals surface area contributed by atoms with Crippen molar-refractivity contribution in [3.05, 3.63) is 18.0 Å². The minimum Gasteiger partial charge on any atom is -0.388 e. The van der Waals surface area contributed by atoms with Crippen LogP contribution in [-0.2, 0) is 4.74 Å². The number of ether oxygens (including phenoxy) is 1. The molecular weight excluding hydrogens is 192 g/mol. The highest BCUT2D eigenvalue weighted by Gasteiger charge is 2.10. The summed E-state index contributed by atoms with van der Waals surface area (Å²) in [6.07, 6.45) is 4.90. The van der Waals surface area contributed by atoms with Crippen molar-refractivity contribution in [3.8, 4) is 0 Å². The normalized spacial score (nSPS) is 15.2. The van der Waals surface area contributed by atoms with Gasteiger partial charge in [0.05, 0.1) is 18.3 Å². The fourth-order valence-corrected chi connectivity index (χ4v) is 1.42. The van der Waals surface area contributed by atoms with Crippen LogP contribution in [0.15, 0.2) is 12.4 Å². The van der Waals surface area contributed by atoms with Crippen LogP contribution in [0.1, 0.15) is 44.4 Å². The van der Waals surface area contributed by atoms with Gasteiger partial charge in [-0.2, -0.15) is 5.10 Å². The van der Waals surface area contributed by atoms with Gasteiger partial charge in [-0.3, -0.25) is 4.68 Å². The van der Waals surface area contributed by atoms with Crippen LogP contribution in [0, 0.1) is 0 Å². The second-order valence-electron chi connectivity index (χ2n) is 3.81. The lowest BCUT2D eigenvalue weighted by Crippen LogP contribution is -2.08. The number of hydrogen-bond acceptors (Lipinski definition) is 3. The van der Waals surface area contributed by atoms with Gasteiger partial charge in [-0.1, -0.05) is 6.92 Å². The first kappa shape index (κ1) is 12.2. The highest BCUT2D eigenvalue weighted by molar-refractivity contribution is 5.07. The van der Waals surface area contributed by atoms with E-state index in [4.69, 9.17) is 4.74 Å². The fraction of sp³-hybridized carbons (Fsp3) is 0.727. The molecule has 0 saturated heterocycles. The summed E-state index contributed by atoms with van der Waals surface area (Å²) in [6, 6.07) is 0.308. The molecule has 0 aromatic carbocycles. The largest absolute Gasteiger partial charge is 0.388 e. The minimum absolute atomic E-state index is 0.308. The molecule has 1 aromatic heterocycles. The molecule has 2 atom stereocenters. The summed E-state index contributed by atoms with van der Waals surface area (Å²) < 4.78 is 6.90. The monoisotopic (exact) mass is 212 g/mol. The SMILES string of the molecule is CCC(O)c1cnn(C(C)CCOC)c1. The molecule has 0 bridgehead atoms. The molecule has 15 heavy (non-hydrogen) atoms. The summed E-state index contributed by atoms with van der Waals surface area (Å²) in [4.78, 5) is 0. The van der Waals surface area contributed by atoms with Crippen LogP contribution < -0.4 is 0 Å². The average Bonchev–Trinajstić information content (AvgIpc) is 2.74. The zero-order valence-corrected chi connectivity index (χ0v) is 9.68. The minimum atomic E-state index is -0.395. The molecule has 0 fully saturated rings. The summed E-state index contributed by atoms with van der Waals surface area (Å²) in [5.41, 5.74) is 0.891. The van der Waals surface area contributed by atoms with Gasteiger partial charge in [0.25, 0.3) is 0 Å². The number of hydrogen-bond donors (Lipinski definition) is 1. The summed E-state index contributed by atoms with van der Waals surface area (Å²) >= 11 is 0. The van der Waals surface area contributed by atoms with Gasteiger partial charge in [0, 0.05) is 25.5 Å². The molecule has 2 unspecified atom stereocenters. The van der Waals surface area contributed by atoms with Crippen molar-refractivity contribution in [3.63, 3.8) is 0 Å². The van der Waals surface area contributed by atoms with Gasteiger partial charge >= 0.3 is 0 Å².